The fourth-order valence-electron chi connectivity index (χ4n) is 8.35. The monoisotopic (exact) mass is 974 g/mol. The standard InChI is InChI=1S/3C20H31N3.CH3F/c3*1-15(22-20(5,6)7)16-8-10-17(11-9-16)18-12-21-23(13-18)14-19(2,3)4;1-2/h3*8-13,15,22H,14H2,1-7H3;1H3. The van der Waals surface area contributed by atoms with E-state index in [1.54, 1.807) is 0 Å². The minimum absolute atomic E-state index is 0.117. The molecule has 392 valence electrons. The minimum atomic E-state index is 0.117. The molecule has 0 bridgehead atoms. The van der Waals surface area contributed by atoms with E-state index in [0.717, 1.165) is 19.6 Å². The van der Waals surface area contributed by atoms with E-state index < -0.39 is 0 Å². The van der Waals surface area contributed by atoms with Crippen molar-refractivity contribution in [1.29, 1.82) is 0 Å². The number of alkyl halides is 1. The molecule has 3 aromatic carbocycles. The zero-order valence-electron chi connectivity index (χ0n) is 48.3. The van der Waals surface area contributed by atoms with Crippen molar-refractivity contribution in [1.82, 2.24) is 45.3 Å². The van der Waals surface area contributed by atoms with E-state index in [4.69, 9.17) is 0 Å². The van der Waals surface area contributed by atoms with Gasteiger partial charge in [0.1, 0.15) is 0 Å². The highest BCUT2D eigenvalue weighted by atomic mass is 19.1. The lowest BCUT2D eigenvalue weighted by molar-refractivity contribution is 0.325. The lowest BCUT2D eigenvalue weighted by atomic mass is 9.97. The number of hydrogen-bond donors (Lipinski definition) is 3. The third-order valence-electron chi connectivity index (χ3n) is 11.0. The largest absolute Gasteiger partial charge is 0.306 e. The molecular formula is C61H96FN9. The predicted molar refractivity (Wildman–Crippen MR) is 302 cm³/mol. The third-order valence-corrected chi connectivity index (χ3v) is 11.0. The van der Waals surface area contributed by atoms with Gasteiger partial charge in [-0.3, -0.25) is 18.4 Å². The van der Waals surface area contributed by atoms with Crippen LogP contribution in [0.1, 0.15) is 180 Å². The summed E-state index contributed by atoms with van der Waals surface area (Å²) < 4.78 is 15.6. The molecule has 0 saturated heterocycles. The first kappa shape index (κ1) is 60.4. The van der Waals surface area contributed by atoms with Gasteiger partial charge in [-0.25, -0.2) is 0 Å². The van der Waals surface area contributed by atoms with Gasteiger partial charge in [0, 0.05) is 89.7 Å². The zero-order valence-corrected chi connectivity index (χ0v) is 48.3. The number of aromatic nitrogens is 6. The Morgan fingerprint density at radius 2 is 0.549 bits per heavy atom. The number of nitrogens with zero attached hydrogens (tertiary/aromatic N) is 6. The molecule has 3 aromatic heterocycles. The van der Waals surface area contributed by atoms with E-state index in [1.165, 1.54) is 50.1 Å². The summed E-state index contributed by atoms with van der Waals surface area (Å²) in [5.41, 5.74) is 12.2. The summed E-state index contributed by atoms with van der Waals surface area (Å²) in [5, 5.41) is 24.3. The van der Waals surface area contributed by atoms with Crippen molar-refractivity contribution in [3.8, 4) is 33.4 Å². The lowest BCUT2D eigenvalue weighted by Crippen LogP contribution is -2.37. The molecule has 0 aliphatic carbocycles. The van der Waals surface area contributed by atoms with Gasteiger partial charge in [0.2, 0.25) is 0 Å². The maximum absolute atomic E-state index is 9.50. The Labute approximate surface area is 431 Å². The molecule has 0 spiro atoms. The van der Waals surface area contributed by atoms with Crippen LogP contribution in [0.25, 0.3) is 33.4 Å². The van der Waals surface area contributed by atoms with Crippen molar-refractivity contribution >= 4 is 0 Å². The number of rotatable bonds is 12. The van der Waals surface area contributed by atoms with E-state index in [9.17, 15) is 4.39 Å². The van der Waals surface area contributed by atoms with Crippen LogP contribution in [0.15, 0.2) is 110 Å². The van der Waals surface area contributed by atoms with Crippen LogP contribution in [0.5, 0.6) is 0 Å². The van der Waals surface area contributed by atoms with Crippen molar-refractivity contribution in [3.63, 3.8) is 0 Å². The van der Waals surface area contributed by atoms with Crippen molar-refractivity contribution < 1.29 is 4.39 Å². The zero-order chi connectivity index (χ0) is 53.8. The van der Waals surface area contributed by atoms with Crippen LogP contribution in [-0.4, -0.2) is 53.1 Å². The first-order chi connectivity index (χ1) is 32.6. The first-order valence-corrected chi connectivity index (χ1v) is 25.7. The van der Waals surface area contributed by atoms with E-state index in [2.05, 4.69) is 268 Å². The van der Waals surface area contributed by atoms with E-state index in [1.807, 2.05) is 32.6 Å². The lowest BCUT2D eigenvalue weighted by Gasteiger charge is -2.26. The van der Waals surface area contributed by atoms with E-state index in [-0.39, 0.29) is 32.9 Å². The molecule has 9 nitrogen and oxygen atoms in total. The van der Waals surface area contributed by atoms with Gasteiger partial charge in [0.15, 0.2) is 0 Å². The second-order valence-electron chi connectivity index (χ2n) is 26.2. The summed E-state index contributed by atoms with van der Waals surface area (Å²) >= 11 is 0. The molecule has 10 heteroatoms. The normalized spacial score (nSPS) is 13.7. The molecule has 3 unspecified atom stereocenters. The summed E-state index contributed by atoms with van der Waals surface area (Å²) in [4.78, 5) is 0. The van der Waals surface area contributed by atoms with Crippen LogP contribution >= 0.6 is 0 Å². The Morgan fingerprint density at radius 1 is 0.352 bits per heavy atom. The molecule has 3 N–H and O–H groups in total. The molecular weight excluding hydrogens is 878 g/mol. The summed E-state index contributed by atoms with van der Waals surface area (Å²) in [6.07, 6.45) is 12.3. The molecule has 0 radical (unpaired) electrons. The Balaban J connectivity index is 0.000000276. The molecule has 0 saturated carbocycles. The summed E-state index contributed by atoms with van der Waals surface area (Å²) in [5.74, 6) is 0. The average Bonchev–Trinajstić information content (AvgIpc) is 4.01. The number of halogens is 1. The topological polar surface area (TPSA) is 89.6 Å². The number of benzene rings is 3. The van der Waals surface area contributed by atoms with Gasteiger partial charge in [0.05, 0.1) is 25.8 Å². The first-order valence-electron chi connectivity index (χ1n) is 25.7. The fourth-order valence-corrected chi connectivity index (χ4v) is 8.35. The second-order valence-corrected chi connectivity index (χ2v) is 26.2. The maximum Gasteiger partial charge on any atom is 0.0785 e. The van der Waals surface area contributed by atoms with Crippen molar-refractivity contribution in [2.45, 2.75) is 200 Å². The Kier molecular flexibility index (Phi) is 21.4. The number of hydrogen-bond acceptors (Lipinski definition) is 6. The Hall–Kier alpha value is -4.90. The number of nitrogens with one attached hydrogen (secondary N) is 3. The van der Waals surface area contributed by atoms with E-state index in [0.29, 0.717) is 25.3 Å². The van der Waals surface area contributed by atoms with Gasteiger partial charge in [-0.1, -0.05) is 135 Å². The van der Waals surface area contributed by atoms with Crippen LogP contribution in [0, 0.1) is 16.2 Å². The summed E-state index contributed by atoms with van der Waals surface area (Å²) in [7, 11) is 0.500. The van der Waals surface area contributed by atoms with Gasteiger partial charge < -0.3 is 16.0 Å². The van der Waals surface area contributed by atoms with Gasteiger partial charge in [-0.05, 0) is 133 Å². The van der Waals surface area contributed by atoms with Crippen LogP contribution in [0.3, 0.4) is 0 Å². The Bertz CT molecular complexity index is 2160. The molecule has 6 aromatic rings. The van der Waals surface area contributed by atoms with Crippen molar-refractivity contribution in [2.75, 3.05) is 7.18 Å². The van der Waals surface area contributed by atoms with Crippen LogP contribution in [-0.2, 0) is 19.6 Å². The van der Waals surface area contributed by atoms with E-state index >= 15 is 0 Å². The van der Waals surface area contributed by atoms with Gasteiger partial charge >= 0.3 is 0 Å². The highest BCUT2D eigenvalue weighted by molar-refractivity contribution is 5.63. The SMILES string of the molecule is CC(NC(C)(C)C)c1ccc(-c2cnn(CC(C)(C)C)c2)cc1.CC(NC(C)(C)C)c1ccc(-c2cnn(CC(C)(C)C)c2)cc1.CC(NC(C)(C)C)c1ccc(-c2cnn(CC(C)(C)C)c2)cc1.CF. The molecule has 3 heterocycles. The van der Waals surface area contributed by atoms with Crippen LogP contribution < -0.4 is 16.0 Å². The molecule has 0 aliphatic rings. The minimum Gasteiger partial charge on any atom is -0.306 e. The smallest absolute Gasteiger partial charge is 0.0785 e. The molecule has 0 amide bonds. The highest BCUT2D eigenvalue weighted by Gasteiger charge is 2.19. The molecule has 6 rings (SSSR count). The highest BCUT2D eigenvalue weighted by Crippen LogP contribution is 2.28. The predicted octanol–water partition coefficient (Wildman–Crippen LogP) is 15.7. The fraction of sp³-hybridized carbons (Fsp3) is 0.557. The van der Waals surface area contributed by atoms with Crippen LogP contribution in [0.4, 0.5) is 4.39 Å². The molecule has 0 aliphatic heterocycles. The van der Waals surface area contributed by atoms with Gasteiger partial charge in [-0.2, -0.15) is 15.3 Å². The van der Waals surface area contributed by atoms with Crippen molar-refractivity contribution in [3.05, 3.63) is 127 Å². The average molecular weight is 974 g/mol. The molecule has 71 heavy (non-hydrogen) atoms. The Morgan fingerprint density at radius 3 is 0.718 bits per heavy atom. The van der Waals surface area contributed by atoms with Crippen LogP contribution in [0.2, 0.25) is 0 Å². The summed E-state index contributed by atoms with van der Waals surface area (Å²) in [6.45, 7) is 49.2. The summed E-state index contributed by atoms with van der Waals surface area (Å²) in [6, 6.07) is 27.4. The molecule has 3 atom stereocenters. The van der Waals surface area contributed by atoms with Crippen molar-refractivity contribution in [2.24, 2.45) is 16.2 Å². The van der Waals surface area contributed by atoms with Gasteiger partial charge in [0.25, 0.3) is 0 Å². The maximum atomic E-state index is 9.50. The quantitative estimate of drug-likeness (QED) is 0.113. The molecule has 0 fully saturated rings. The van der Waals surface area contributed by atoms with Gasteiger partial charge in [-0.15, -0.1) is 0 Å². The second kappa shape index (κ2) is 25.2. The third kappa shape index (κ3) is 23.0.